The van der Waals surface area contributed by atoms with Crippen molar-refractivity contribution < 1.29 is 0 Å². The minimum absolute atomic E-state index is 0.528. The fraction of sp³-hybridized carbons (Fsp3) is 0.222. The summed E-state index contributed by atoms with van der Waals surface area (Å²) in [6, 6.07) is 5.67. The van der Waals surface area contributed by atoms with Crippen molar-refractivity contribution in [1.82, 2.24) is 0 Å². The van der Waals surface area contributed by atoms with Gasteiger partial charge in [0.15, 0.2) is 0 Å². The van der Waals surface area contributed by atoms with Gasteiger partial charge >= 0.3 is 0 Å². The van der Waals surface area contributed by atoms with Gasteiger partial charge < -0.3 is 0 Å². The zero-order chi connectivity index (χ0) is 9.14. The number of halogens is 2. The monoisotopic (exact) mass is 243 g/mol. The Morgan fingerprint density at radius 1 is 1.58 bits per heavy atom. The molecule has 1 aromatic rings. The number of hydrogen-bond donors (Lipinski definition) is 0. The first-order valence-electron chi connectivity index (χ1n) is 3.44. The van der Waals surface area contributed by atoms with Crippen LogP contribution in [0.1, 0.15) is 16.7 Å². The lowest BCUT2D eigenvalue weighted by Crippen LogP contribution is -1.87. The fourth-order valence-electron chi connectivity index (χ4n) is 0.947. The molecule has 0 saturated heterocycles. The smallest absolute Gasteiger partial charge is 0.101 e. The van der Waals surface area contributed by atoms with Crippen molar-refractivity contribution in [1.29, 1.82) is 5.26 Å². The molecule has 0 aromatic heterocycles. The molecule has 0 aliphatic carbocycles. The summed E-state index contributed by atoms with van der Waals surface area (Å²) in [6.07, 6.45) is 0. The summed E-state index contributed by atoms with van der Waals surface area (Å²) in [5.74, 6) is 0. The zero-order valence-corrected chi connectivity index (χ0v) is 8.91. The van der Waals surface area contributed by atoms with E-state index in [4.69, 9.17) is 16.9 Å². The Labute approximate surface area is 85.1 Å². The Hall–Kier alpha value is -0.520. The van der Waals surface area contributed by atoms with Crippen LogP contribution in [0, 0.1) is 18.3 Å². The predicted molar refractivity (Wildman–Crippen MR) is 53.5 cm³/mol. The standard InChI is InChI=1S/C9H7BrClN/c1-6-2-9(11)8(5-12)3-7(6)4-10/h2-3H,4H2,1H3. The number of nitriles is 1. The molecule has 0 fully saturated rings. The van der Waals surface area contributed by atoms with Crippen molar-refractivity contribution in [2.24, 2.45) is 0 Å². The van der Waals surface area contributed by atoms with Crippen LogP contribution in [0.2, 0.25) is 5.02 Å². The van der Waals surface area contributed by atoms with E-state index in [-0.39, 0.29) is 0 Å². The average molecular weight is 245 g/mol. The molecule has 0 aliphatic heterocycles. The van der Waals surface area contributed by atoms with Crippen LogP contribution in [0.4, 0.5) is 0 Å². The van der Waals surface area contributed by atoms with Gasteiger partial charge in [-0.05, 0) is 30.2 Å². The van der Waals surface area contributed by atoms with Gasteiger partial charge in [0.05, 0.1) is 10.6 Å². The Kier molecular flexibility index (Phi) is 3.13. The van der Waals surface area contributed by atoms with Crippen LogP contribution in [-0.2, 0) is 5.33 Å². The Morgan fingerprint density at radius 3 is 2.75 bits per heavy atom. The average Bonchev–Trinajstić information content (AvgIpc) is 2.05. The summed E-state index contributed by atoms with van der Waals surface area (Å²) in [5, 5.41) is 9.96. The molecule has 0 unspecified atom stereocenters. The highest BCUT2D eigenvalue weighted by molar-refractivity contribution is 9.08. The van der Waals surface area contributed by atoms with E-state index < -0.39 is 0 Å². The van der Waals surface area contributed by atoms with Crippen molar-refractivity contribution in [2.75, 3.05) is 0 Å². The number of hydrogen-bond acceptors (Lipinski definition) is 1. The van der Waals surface area contributed by atoms with E-state index in [1.807, 2.05) is 25.1 Å². The second kappa shape index (κ2) is 3.93. The van der Waals surface area contributed by atoms with Crippen LogP contribution in [0.25, 0.3) is 0 Å². The molecule has 0 radical (unpaired) electrons. The molecule has 0 N–H and O–H groups in total. The molecule has 62 valence electrons. The molecule has 0 atom stereocenters. The molecule has 0 spiro atoms. The van der Waals surface area contributed by atoms with E-state index >= 15 is 0 Å². The molecule has 1 nitrogen and oxygen atoms in total. The van der Waals surface area contributed by atoms with Crippen molar-refractivity contribution in [3.8, 4) is 6.07 Å². The van der Waals surface area contributed by atoms with Gasteiger partial charge in [-0.1, -0.05) is 27.5 Å². The molecule has 0 bridgehead atoms. The summed E-state index contributed by atoms with van der Waals surface area (Å²) in [5.41, 5.74) is 2.75. The van der Waals surface area contributed by atoms with Gasteiger partial charge in [-0.3, -0.25) is 0 Å². The molecule has 12 heavy (non-hydrogen) atoms. The Balaban J connectivity index is 3.30. The second-order valence-corrected chi connectivity index (χ2v) is 3.47. The van der Waals surface area contributed by atoms with Crippen LogP contribution >= 0.6 is 27.5 Å². The quantitative estimate of drug-likeness (QED) is 0.695. The second-order valence-electron chi connectivity index (χ2n) is 2.50. The molecule has 3 heteroatoms. The maximum absolute atomic E-state index is 8.68. The number of rotatable bonds is 1. The van der Waals surface area contributed by atoms with Gasteiger partial charge in [-0.25, -0.2) is 0 Å². The number of aryl methyl sites for hydroxylation is 1. The van der Waals surface area contributed by atoms with E-state index in [2.05, 4.69) is 15.9 Å². The molecule has 0 heterocycles. The van der Waals surface area contributed by atoms with Crippen LogP contribution in [-0.4, -0.2) is 0 Å². The van der Waals surface area contributed by atoms with E-state index in [0.29, 0.717) is 10.6 Å². The van der Waals surface area contributed by atoms with E-state index in [9.17, 15) is 0 Å². The highest BCUT2D eigenvalue weighted by Crippen LogP contribution is 2.21. The summed E-state index contributed by atoms with van der Waals surface area (Å²) in [6.45, 7) is 1.98. The summed E-state index contributed by atoms with van der Waals surface area (Å²) in [7, 11) is 0. The Morgan fingerprint density at radius 2 is 2.25 bits per heavy atom. The van der Waals surface area contributed by atoms with Crippen LogP contribution in [0.15, 0.2) is 12.1 Å². The predicted octanol–water partition coefficient (Wildman–Crippen LogP) is 3.42. The minimum atomic E-state index is 0.528. The van der Waals surface area contributed by atoms with E-state index in [1.165, 1.54) is 0 Å². The minimum Gasteiger partial charge on any atom is -0.192 e. The van der Waals surface area contributed by atoms with E-state index in [1.54, 1.807) is 0 Å². The zero-order valence-electron chi connectivity index (χ0n) is 6.56. The lowest BCUT2D eigenvalue weighted by Gasteiger charge is -2.03. The Bertz CT molecular complexity index is 341. The molecule has 1 aromatic carbocycles. The summed E-state index contributed by atoms with van der Waals surface area (Å²) >= 11 is 9.16. The van der Waals surface area contributed by atoms with Crippen molar-refractivity contribution in [3.63, 3.8) is 0 Å². The number of alkyl halides is 1. The maximum Gasteiger partial charge on any atom is 0.101 e. The first-order chi connectivity index (χ1) is 5.69. The topological polar surface area (TPSA) is 23.8 Å². The number of nitrogens with zero attached hydrogens (tertiary/aromatic N) is 1. The third-order valence-electron chi connectivity index (χ3n) is 1.69. The van der Waals surface area contributed by atoms with Gasteiger partial charge in [0.1, 0.15) is 6.07 Å². The van der Waals surface area contributed by atoms with Gasteiger partial charge in [0, 0.05) is 5.33 Å². The van der Waals surface area contributed by atoms with E-state index in [0.717, 1.165) is 16.5 Å². The van der Waals surface area contributed by atoms with Crippen molar-refractivity contribution >= 4 is 27.5 Å². The first-order valence-corrected chi connectivity index (χ1v) is 4.94. The molecule has 0 aliphatic rings. The largest absolute Gasteiger partial charge is 0.192 e. The number of benzene rings is 1. The van der Waals surface area contributed by atoms with Crippen LogP contribution in [0.5, 0.6) is 0 Å². The van der Waals surface area contributed by atoms with Gasteiger partial charge in [-0.2, -0.15) is 5.26 Å². The lowest BCUT2D eigenvalue weighted by molar-refractivity contribution is 1.30. The van der Waals surface area contributed by atoms with Crippen LogP contribution < -0.4 is 0 Å². The summed E-state index contributed by atoms with van der Waals surface area (Å²) in [4.78, 5) is 0. The molecule has 0 saturated carbocycles. The molecular formula is C9H7BrClN. The normalized spacial score (nSPS) is 9.50. The molecule has 1 rings (SSSR count). The fourth-order valence-corrected chi connectivity index (χ4v) is 1.81. The van der Waals surface area contributed by atoms with Gasteiger partial charge in [0.25, 0.3) is 0 Å². The van der Waals surface area contributed by atoms with Crippen molar-refractivity contribution in [2.45, 2.75) is 12.3 Å². The molecular weight excluding hydrogens is 237 g/mol. The summed E-state index contributed by atoms with van der Waals surface area (Å²) < 4.78 is 0. The maximum atomic E-state index is 8.68. The lowest BCUT2D eigenvalue weighted by atomic mass is 10.1. The SMILES string of the molecule is Cc1cc(Cl)c(C#N)cc1CBr. The van der Waals surface area contributed by atoms with Gasteiger partial charge in [-0.15, -0.1) is 0 Å². The highest BCUT2D eigenvalue weighted by Gasteiger charge is 2.03. The van der Waals surface area contributed by atoms with Gasteiger partial charge in [0.2, 0.25) is 0 Å². The highest BCUT2D eigenvalue weighted by atomic mass is 79.9. The third-order valence-corrected chi connectivity index (χ3v) is 2.61. The van der Waals surface area contributed by atoms with Crippen LogP contribution in [0.3, 0.4) is 0 Å². The third kappa shape index (κ3) is 1.80. The van der Waals surface area contributed by atoms with Crippen molar-refractivity contribution in [3.05, 3.63) is 33.8 Å². The molecule has 0 amide bonds. The first kappa shape index (κ1) is 9.57.